The van der Waals surface area contributed by atoms with Crippen LogP contribution in [0.15, 0.2) is 35.5 Å². The fraction of sp³-hybridized carbons (Fsp3) is 0.765. The van der Waals surface area contributed by atoms with Crippen molar-refractivity contribution in [2.75, 3.05) is 27.9 Å². The molecule has 2 saturated heterocycles. The molecule has 3 aliphatic heterocycles. The van der Waals surface area contributed by atoms with E-state index in [2.05, 4.69) is 0 Å². The zero-order valence-corrected chi connectivity index (χ0v) is 41.1. The molecule has 0 spiro atoms. The summed E-state index contributed by atoms with van der Waals surface area (Å²) in [6.45, 7) is 12.2. The number of methoxy groups -OCH3 is 3. The van der Waals surface area contributed by atoms with Gasteiger partial charge in [-0.3, -0.25) is 24.0 Å². The Labute approximate surface area is 392 Å². The molecule has 1 amide bonds. The van der Waals surface area contributed by atoms with Gasteiger partial charge in [-0.25, -0.2) is 4.79 Å². The number of hydrogen-bond acceptors (Lipinski definition) is 14. The zero-order chi connectivity index (χ0) is 49.0. The van der Waals surface area contributed by atoms with Crippen molar-refractivity contribution in [2.24, 2.45) is 35.5 Å². The lowest BCUT2D eigenvalue weighted by Crippen LogP contribution is -2.61. The van der Waals surface area contributed by atoms with E-state index in [1.165, 1.54) is 19.1 Å². The van der Waals surface area contributed by atoms with Crippen LogP contribution in [0, 0.1) is 35.5 Å². The van der Waals surface area contributed by atoms with Gasteiger partial charge in [-0.2, -0.15) is 0 Å². The van der Waals surface area contributed by atoms with Crippen LogP contribution >= 0.6 is 0 Å². The predicted molar refractivity (Wildman–Crippen MR) is 246 cm³/mol. The van der Waals surface area contributed by atoms with Crippen molar-refractivity contribution in [1.82, 2.24) is 4.90 Å². The van der Waals surface area contributed by atoms with E-state index in [1.807, 2.05) is 19.9 Å². The Bertz CT molecular complexity index is 1790. The number of aliphatic hydroxyl groups is 3. The Hall–Kier alpha value is -3.44. The molecule has 0 aromatic heterocycles. The molecule has 66 heavy (non-hydrogen) atoms. The third-order valence-electron chi connectivity index (χ3n) is 14.8. The van der Waals surface area contributed by atoms with Gasteiger partial charge in [0.25, 0.3) is 11.7 Å². The number of esters is 1. The van der Waals surface area contributed by atoms with Crippen LogP contribution in [-0.2, 0) is 52.5 Å². The average Bonchev–Trinajstić information content (AvgIpc) is 3.29. The minimum Gasteiger partial charge on any atom is -0.460 e. The SMILES string of the molecule is CO[C@H]1C[C@@H]2CC[C@@H](C)[C@@](O)(O2)C(=O)C(=O)N2CCCC[C@H]2C(=O)O[C@H]([C@H](C)C[C@H]2CC[C@@H](O)[C@H](OC)C2)CC(=O)[C@H](C)/C=C(\C)[C@@H](O)[C@@H](OC)C(=O)[C@H](C)C[C@H](C)C(=O)C/C=C/C=C/1C. The Morgan fingerprint density at radius 3 is 2.21 bits per heavy atom. The second-order valence-electron chi connectivity index (χ2n) is 19.8. The van der Waals surface area contributed by atoms with Gasteiger partial charge in [-0.1, -0.05) is 58.9 Å². The summed E-state index contributed by atoms with van der Waals surface area (Å²) in [4.78, 5) is 85.0. The molecule has 0 unspecified atom stereocenters. The highest BCUT2D eigenvalue weighted by Gasteiger charge is 2.53. The molecule has 1 aliphatic carbocycles. The van der Waals surface area contributed by atoms with Crippen molar-refractivity contribution < 1.29 is 67.8 Å². The lowest BCUT2D eigenvalue weighted by atomic mass is 9.78. The molecule has 3 fully saturated rings. The molecule has 3 heterocycles. The lowest BCUT2D eigenvalue weighted by Gasteiger charge is -2.42. The number of aliphatic hydroxyl groups excluding tert-OH is 2. The van der Waals surface area contributed by atoms with E-state index >= 15 is 0 Å². The van der Waals surface area contributed by atoms with Crippen molar-refractivity contribution >= 4 is 35.0 Å². The number of Topliss-reactive ketones (excluding diaryl/α,β-unsaturated/α-hetero) is 4. The number of carbonyl (C=O) groups is 6. The number of fused-ring (bicyclic) bond motifs is 3. The third kappa shape index (κ3) is 14.1. The smallest absolute Gasteiger partial charge is 0.329 e. The molecule has 2 bridgehead atoms. The predicted octanol–water partition coefficient (Wildman–Crippen LogP) is 5.58. The molecule has 1 saturated carbocycles. The van der Waals surface area contributed by atoms with E-state index in [0.717, 1.165) is 5.57 Å². The molecule has 4 rings (SSSR count). The number of hydrogen-bond donors (Lipinski definition) is 3. The minimum absolute atomic E-state index is 0.0706. The summed E-state index contributed by atoms with van der Waals surface area (Å²) in [6.07, 6.45) is 6.14. The normalized spacial score (nSPS) is 39.8. The van der Waals surface area contributed by atoms with Crippen LogP contribution in [0.2, 0.25) is 0 Å². The number of nitrogens with zero attached hydrogens (tertiary/aromatic N) is 1. The monoisotopic (exact) mass is 930 g/mol. The Morgan fingerprint density at radius 1 is 0.833 bits per heavy atom. The number of amides is 1. The van der Waals surface area contributed by atoms with Gasteiger partial charge in [0, 0.05) is 70.8 Å². The molecule has 372 valence electrons. The molecule has 15 atom stereocenters. The van der Waals surface area contributed by atoms with E-state index in [1.54, 1.807) is 60.0 Å². The van der Waals surface area contributed by atoms with Gasteiger partial charge in [-0.15, -0.1) is 0 Å². The number of allylic oxidation sites excluding steroid dienone is 4. The number of ketones is 4. The highest BCUT2D eigenvalue weighted by molar-refractivity contribution is 6.39. The van der Waals surface area contributed by atoms with Gasteiger partial charge in [0.05, 0.1) is 24.4 Å². The fourth-order valence-electron chi connectivity index (χ4n) is 10.2. The first kappa shape index (κ1) is 55.2. The summed E-state index contributed by atoms with van der Waals surface area (Å²) in [6, 6.07) is -1.16. The molecule has 15 heteroatoms. The van der Waals surface area contributed by atoms with Gasteiger partial charge in [0.2, 0.25) is 5.79 Å². The van der Waals surface area contributed by atoms with Gasteiger partial charge in [0.1, 0.15) is 35.9 Å². The second-order valence-corrected chi connectivity index (χ2v) is 19.8. The van der Waals surface area contributed by atoms with Gasteiger partial charge < -0.3 is 43.9 Å². The number of piperidine rings is 1. The molecular weight excluding hydrogens is 851 g/mol. The number of cyclic esters (lactones) is 1. The summed E-state index contributed by atoms with van der Waals surface area (Å²) in [7, 11) is 4.42. The van der Waals surface area contributed by atoms with Crippen molar-refractivity contribution in [3.05, 3.63) is 35.5 Å². The molecule has 0 radical (unpaired) electrons. The van der Waals surface area contributed by atoms with Crippen LogP contribution in [0.3, 0.4) is 0 Å². The van der Waals surface area contributed by atoms with Gasteiger partial charge in [0.15, 0.2) is 5.78 Å². The van der Waals surface area contributed by atoms with Crippen LogP contribution in [-0.4, -0.2) is 138 Å². The van der Waals surface area contributed by atoms with E-state index in [0.29, 0.717) is 56.9 Å². The molecule has 0 aromatic rings. The van der Waals surface area contributed by atoms with Gasteiger partial charge in [-0.05, 0) is 101 Å². The standard InChI is InChI=1S/C51H79NO14/c1-29-15-11-12-17-39(53)30(2)23-33(5)45(56)47(64-10)46(57)34(6)24-31(3)41(55)28-43(32(4)25-36-19-21-40(54)44(26-36)63-9)65-50(60)38-16-13-14-22-52(38)49(59)48(58)51(61)35(7)18-20-37(66-51)27-42(29)62-8/h11-12,15,24,30-33,35-38,40,42-44,46-47,54,57,61H,13-14,16-23,25-28H2,1-10H3/b12-11+,29-15+,34-24+/t30-,31+,32+,33+,35+,36+,37-,38-,40+,42-,43-,44+,46+,47-,51+/m0/s1. The van der Waals surface area contributed by atoms with E-state index in [-0.39, 0.29) is 73.9 Å². The zero-order valence-electron chi connectivity index (χ0n) is 41.1. The molecule has 4 aliphatic rings. The summed E-state index contributed by atoms with van der Waals surface area (Å²) in [5.74, 6) is -9.06. The Balaban J connectivity index is 1.70. The maximum atomic E-state index is 14.4. The van der Waals surface area contributed by atoms with E-state index in [9.17, 15) is 44.1 Å². The molecule has 0 aromatic carbocycles. The highest BCUT2D eigenvalue weighted by Crippen LogP contribution is 2.38. The quantitative estimate of drug-likeness (QED) is 0.169. The Morgan fingerprint density at radius 2 is 1.55 bits per heavy atom. The molecular formula is C51H79NO14. The van der Waals surface area contributed by atoms with E-state index in [4.69, 9.17) is 23.7 Å². The third-order valence-corrected chi connectivity index (χ3v) is 14.8. The van der Waals surface area contributed by atoms with Crippen molar-refractivity contribution in [2.45, 2.75) is 186 Å². The van der Waals surface area contributed by atoms with Crippen molar-refractivity contribution in [3.63, 3.8) is 0 Å². The first-order chi connectivity index (χ1) is 31.2. The van der Waals surface area contributed by atoms with Crippen LogP contribution in [0.1, 0.15) is 132 Å². The first-order valence-electron chi connectivity index (χ1n) is 24.2. The maximum absolute atomic E-state index is 14.4. The fourth-order valence-corrected chi connectivity index (χ4v) is 10.2. The van der Waals surface area contributed by atoms with Crippen LogP contribution in [0.25, 0.3) is 0 Å². The highest BCUT2D eigenvalue weighted by atomic mass is 16.6. The van der Waals surface area contributed by atoms with E-state index < -0.39 is 89.8 Å². The first-order valence-corrected chi connectivity index (χ1v) is 24.2. The van der Waals surface area contributed by atoms with Crippen LogP contribution in [0.4, 0.5) is 0 Å². The molecule has 3 N–H and O–H groups in total. The molecule has 15 nitrogen and oxygen atoms in total. The van der Waals surface area contributed by atoms with Gasteiger partial charge >= 0.3 is 5.97 Å². The summed E-state index contributed by atoms with van der Waals surface area (Å²) >= 11 is 0. The van der Waals surface area contributed by atoms with Crippen molar-refractivity contribution in [1.29, 1.82) is 0 Å². The summed E-state index contributed by atoms with van der Waals surface area (Å²) in [5.41, 5.74) is 1.13. The second kappa shape index (κ2) is 25.2. The largest absolute Gasteiger partial charge is 0.460 e. The number of ether oxygens (including phenoxy) is 5. The lowest BCUT2D eigenvalue weighted by molar-refractivity contribution is -0.265. The minimum atomic E-state index is -2.46. The van der Waals surface area contributed by atoms with Crippen LogP contribution < -0.4 is 0 Å². The summed E-state index contributed by atoms with van der Waals surface area (Å²) < 4.78 is 29.3. The maximum Gasteiger partial charge on any atom is 0.329 e. The van der Waals surface area contributed by atoms with Crippen molar-refractivity contribution in [3.8, 4) is 0 Å². The van der Waals surface area contributed by atoms with Crippen LogP contribution in [0.5, 0.6) is 0 Å². The topological polar surface area (TPSA) is 212 Å². The summed E-state index contributed by atoms with van der Waals surface area (Å²) in [5, 5.41) is 33.8. The average molecular weight is 930 g/mol. The number of carbonyl (C=O) groups excluding carboxylic acids is 6. The number of rotatable bonds is 6. The Kier molecular flexibility index (Phi) is 21.1.